The summed E-state index contributed by atoms with van der Waals surface area (Å²) in [5.41, 5.74) is 2.30. The lowest BCUT2D eigenvalue weighted by molar-refractivity contribution is 0.102. The van der Waals surface area contributed by atoms with Crippen LogP contribution in [0.25, 0.3) is 0 Å². The van der Waals surface area contributed by atoms with Crippen molar-refractivity contribution in [3.8, 4) is 0 Å². The van der Waals surface area contributed by atoms with Gasteiger partial charge in [0.15, 0.2) is 0 Å². The van der Waals surface area contributed by atoms with Crippen molar-refractivity contribution < 1.29 is 4.79 Å². The van der Waals surface area contributed by atoms with Crippen LogP contribution < -0.4 is 10.6 Å². The molecule has 0 atom stereocenters. The first-order chi connectivity index (χ1) is 11.1. The highest BCUT2D eigenvalue weighted by molar-refractivity contribution is 6.02. The van der Waals surface area contributed by atoms with Crippen molar-refractivity contribution in [2.24, 2.45) is 5.92 Å². The minimum Gasteiger partial charge on any atom is -0.369 e. The van der Waals surface area contributed by atoms with Crippen LogP contribution in [0.15, 0.2) is 36.7 Å². The molecule has 2 rings (SSSR count). The summed E-state index contributed by atoms with van der Waals surface area (Å²) in [5.74, 6) is 1.07. The molecule has 0 radical (unpaired) electrons. The topological polar surface area (TPSA) is 66.9 Å². The van der Waals surface area contributed by atoms with Crippen molar-refractivity contribution in [2.75, 3.05) is 17.2 Å². The van der Waals surface area contributed by atoms with Gasteiger partial charge >= 0.3 is 0 Å². The van der Waals surface area contributed by atoms with Crippen molar-refractivity contribution in [1.29, 1.82) is 0 Å². The summed E-state index contributed by atoms with van der Waals surface area (Å²) in [6.07, 6.45) is 5.13. The van der Waals surface area contributed by atoms with Crippen LogP contribution in [0.3, 0.4) is 0 Å². The molecule has 5 nitrogen and oxygen atoms in total. The van der Waals surface area contributed by atoms with Crippen molar-refractivity contribution in [3.05, 3.63) is 47.9 Å². The Labute approximate surface area is 137 Å². The maximum atomic E-state index is 12.1. The average molecular weight is 312 g/mol. The Balaban J connectivity index is 1.91. The summed E-state index contributed by atoms with van der Waals surface area (Å²) in [5, 5.41) is 6.02. The van der Waals surface area contributed by atoms with E-state index in [0.29, 0.717) is 17.4 Å². The summed E-state index contributed by atoms with van der Waals surface area (Å²) < 4.78 is 0. The zero-order valence-corrected chi connectivity index (χ0v) is 14.0. The molecule has 1 aromatic carbocycles. The largest absolute Gasteiger partial charge is 0.369 e. The van der Waals surface area contributed by atoms with E-state index in [1.54, 1.807) is 6.20 Å². The van der Waals surface area contributed by atoms with Crippen LogP contribution in [0.5, 0.6) is 0 Å². The van der Waals surface area contributed by atoms with Crippen LogP contribution in [-0.2, 0) is 6.42 Å². The summed E-state index contributed by atoms with van der Waals surface area (Å²) in [7, 11) is 0. The first-order valence-corrected chi connectivity index (χ1v) is 8.04. The number of hydrogen-bond donors (Lipinski definition) is 2. The van der Waals surface area contributed by atoms with Gasteiger partial charge in [0.05, 0.1) is 12.4 Å². The van der Waals surface area contributed by atoms with Gasteiger partial charge in [0, 0.05) is 12.2 Å². The number of benzene rings is 1. The second kappa shape index (κ2) is 8.27. The minimum absolute atomic E-state index is 0.254. The minimum atomic E-state index is -0.254. The molecule has 1 amide bonds. The van der Waals surface area contributed by atoms with E-state index in [-0.39, 0.29) is 5.91 Å². The Morgan fingerprint density at radius 2 is 1.87 bits per heavy atom. The van der Waals surface area contributed by atoms with Gasteiger partial charge in [0.1, 0.15) is 11.5 Å². The molecule has 0 aliphatic carbocycles. The number of aryl methyl sites for hydroxylation is 1. The maximum Gasteiger partial charge on any atom is 0.275 e. The Morgan fingerprint density at radius 1 is 1.13 bits per heavy atom. The number of hydrogen-bond acceptors (Lipinski definition) is 4. The lowest BCUT2D eigenvalue weighted by atomic mass is 10.1. The van der Waals surface area contributed by atoms with Gasteiger partial charge in [-0.15, -0.1) is 0 Å². The van der Waals surface area contributed by atoms with E-state index in [2.05, 4.69) is 41.4 Å². The van der Waals surface area contributed by atoms with Crippen LogP contribution in [-0.4, -0.2) is 22.4 Å². The molecule has 0 bridgehead atoms. The van der Waals surface area contributed by atoms with Crippen molar-refractivity contribution in [3.63, 3.8) is 0 Å². The molecule has 0 saturated heterocycles. The molecule has 2 N–H and O–H groups in total. The Morgan fingerprint density at radius 3 is 2.43 bits per heavy atom. The summed E-state index contributed by atoms with van der Waals surface area (Å²) in [6, 6.07) is 7.80. The number of rotatable bonds is 7. The molecular formula is C18H24N4O. The molecule has 0 aliphatic heterocycles. The van der Waals surface area contributed by atoms with Crippen LogP contribution in [0, 0.1) is 5.92 Å². The summed E-state index contributed by atoms with van der Waals surface area (Å²) >= 11 is 0. The molecule has 1 aromatic heterocycles. The zero-order valence-electron chi connectivity index (χ0n) is 14.0. The van der Waals surface area contributed by atoms with Crippen LogP contribution >= 0.6 is 0 Å². The monoisotopic (exact) mass is 312 g/mol. The van der Waals surface area contributed by atoms with Gasteiger partial charge < -0.3 is 10.6 Å². The average Bonchev–Trinajstić information content (AvgIpc) is 2.56. The summed E-state index contributed by atoms with van der Waals surface area (Å²) in [6.45, 7) is 7.29. The predicted octanol–water partition coefficient (Wildman–Crippen LogP) is 3.75. The number of amides is 1. The predicted molar refractivity (Wildman–Crippen MR) is 93.7 cm³/mol. The standard InChI is InChI=1S/C18H24N4O/c1-4-14-5-7-15(8-6-14)22-18(23)16-11-21-17(12-20-16)19-10-9-13(2)3/h5-8,11-13H,4,9-10H2,1-3H3,(H,19,21)(H,22,23). The Hall–Kier alpha value is -2.43. The highest BCUT2D eigenvalue weighted by Gasteiger charge is 2.08. The number of aromatic nitrogens is 2. The highest BCUT2D eigenvalue weighted by Crippen LogP contribution is 2.11. The fourth-order valence-electron chi connectivity index (χ4n) is 2.04. The maximum absolute atomic E-state index is 12.1. The highest BCUT2D eigenvalue weighted by atomic mass is 16.1. The first-order valence-electron chi connectivity index (χ1n) is 8.04. The molecule has 0 saturated carbocycles. The van der Waals surface area contributed by atoms with Gasteiger partial charge in [-0.2, -0.15) is 0 Å². The van der Waals surface area contributed by atoms with E-state index >= 15 is 0 Å². The lowest BCUT2D eigenvalue weighted by Crippen LogP contribution is -2.15. The second-order valence-corrected chi connectivity index (χ2v) is 5.90. The van der Waals surface area contributed by atoms with E-state index in [9.17, 15) is 4.79 Å². The first kappa shape index (κ1) is 16.9. The fraction of sp³-hybridized carbons (Fsp3) is 0.389. The summed E-state index contributed by atoms with van der Waals surface area (Å²) in [4.78, 5) is 20.5. The van der Waals surface area contributed by atoms with Crippen LogP contribution in [0.1, 0.15) is 43.2 Å². The molecule has 1 heterocycles. The number of carbonyl (C=O) groups excluding carboxylic acids is 1. The Kier molecular flexibility index (Phi) is 6.09. The number of carbonyl (C=O) groups is 1. The van der Waals surface area contributed by atoms with Crippen LogP contribution in [0.4, 0.5) is 11.5 Å². The van der Waals surface area contributed by atoms with E-state index in [1.807, 2.05) is 24.3 Å². The molecule has 0 aliphatic rings. The van der Waals surface area contributed by atoms with Gasteiger partial charge in [0.25, 0.3) is 5.91 Å². The molecule has 5 heteroatoms. The lowest BCUT2D eigenvalue weighted by Gasteiger charge is -2.08. The normalized spacial score (nSPS) is 10.6. The van der Waals surface area contributed by atoms with Gasteiger partial charge in [-0.3, -0.25) is 4.79 Å². The third-order valence-electron chi connectivity index (χ3n) is 3.53. The van der Waals surface area contributed by atoms with Gasteiger partial charge in [-0.25, -0.2) is 9.97 Å². The van der Waals surface area contributed by atoms with Crippen molar-refractivity contribution >= 4 is 17.4 Å². The van der Waals surface area contributed by atoms with E-state index in [0.717, 1.165) is 25.1 Å². The number of anilines is 2. The quantitative estimate of drug-likeness (QED) is 0.817. The Bertz CT molecular complexity index is 620. The second-order valence-electron chi connectivity index (χ2n) is 5.90. The van der Waals surface area contributed by atoms with Crippen molar-refractivity contribution in [1.82, 2.24) is 9.97 Å². The van der Waals surface area contributed by atoms with Gasteiger partial charge in [-0.1, -0.05) is 32.9 Å². The molecule has 23 heavy (non-hydrogen) atoms. The van der Waals surface area contributed by atoms with E-state index in [1.165, 1.54) is 11.8 Å². The molecule has 0 spiro atoms. The molecule has 0 fully saturated rings. The fourth-order valence-corrected chi connectivity index (χ4v) is 2.04. The molecular weight excluding hydrogens is 288 g/mol. The van der Waals surface area contributed by atoms with Crippen LogP contribution in [0.2, 0.25) is 0 Å². The van der Waals surface area contributed by atoms with Gasteiger partial charge in [0.2, 0.25) is 0 Å². The van der Waals surface area contributed by atoms with E-state index < -0.39 is 0 Å². The molecule has 2 aromatic rings. The molecule has 122 valence electrons. The van der Waals surface area contributed by atoms with Gasteiger partial charge in [-0.05, 0) is 36.5 Å². The third kappa shape index (κ3) is 5.36. The number of nitrogens with zero attached hydrogens (tertiary/aromatic N) is 2. The molecule has 0 unspecified atom stereocenters. The third-order valence-corrected chi connectivity index (χ3v) is 3.53. The van der Waals surface area contributed by atoms with E-state index in [4.69, 9.17) is 0 Å². The smallest absolute Gasteiger partial charge is 0.275 e. The number of nitrogens with one attached hydrogen (secondary N) is 2. The zero-order chi connectivity index (χ0) is 16.7. The van der Waals surface area contributed by atoms with Crippen molar-refractivity contribution in [2.45, 2.75) is 33.6 Å². The SMILES string of the molecule is CCc1ccc(NC(=O)c2cnc(NCCC(C)C)cn2)cc1.